The number of amides is 2. The van der Waals surface area contributed by atoms with Crippen LogP contribution in [0.1, 0.15) is 29.4 Å². The van der Waals surface area contributed by atoms with Gasteiger partial charge in [-0.05, 0) is 24.1 Å². The first kappa shape index (κ1) is 23.7. The fourth-order valence-corrected chi connectivity index (χ4v) is 3.69. The maximum Gasteiger partial charge on any atom is 0.272 e. The van der Waals surface area contributed by atoms with E-state index in [9.17, 15) is 14.0 Å². The molecule has 0 bridgehead atoms. The Morgan fingerprint density at radius 1 is 1.12 bits per heavy atom. The summed E-state index contributed by atoms with van der Waals surface area (Å²) in [5.41, 5.74) is 0.842. The number of benzene rings is 2. The standard InChI is InChI=1S/C23H22ClFN4O2S/c1-2-12-32-23-26-14-16(24)20(29-23)22(31)28-19(13-15-8-4-3-5-9-15)21(30)27-18-11-7-6-10-17(18)25/h3-11,14,19H,2,12-13H2,1H3,(H,27,30)(H,28,31)/t19-/m0/s1. The Labute approximate surface area is 195 Å². The topological polar surface area (TPSA) is 84.0 Å². The summed E-state index contributed by atoms with van der Waals surface area (Å²) in [6, 6.07) is 14.1. The van der Waals surface area contributed by atoms with Crippen molar-refractivity contribution in [3.05, 3.63) is 82.9 Å². The van der Waals surface area contributed by atoms with Gasteiger partial charge in [-0.1, -0.05) is 72.8 Å². The molecule has 32 heavy (non-hydrogen) atoms. The molecule has 3 aromatic rings. The lowest BCUT2D eigenvalue weighted by Gasteiger charge is -2.19. The van der Waals surface area contributed by atoms with E-state index in [4.69, 9.17) is 11.6 Å². The van der Waals surface area contributed by atoms with Gasteiger partial charge in [-0.15, -0.1) is 0 Å². The third-order valence-corrected chi connectivity index (χ3v) is 5.75. The molecule has 0 saturated carbocycles. The van der Waals surface area contributed by atoms with Crippen LogP contribution in [0.4, 0.5) is 10.1 Å². The first-order valence-corrected chi connectivity index (χ1v) is 11.4. The molecular formula is C23H22ClFN4O2S. The zero-order valence-corrected chi connectivity index (χ0v) is 18.9. The molecule has 1 heterocycles. The van der Waals surface area contributed by atoms with Crippen LogP contribution in [-0.4, -0.2) is 33.6 Å². The number of rotatable bonds is 9. The molecule has 3 rings (SSSR count). The Bertz CT molecular complexity index is 1080. The smallest absolute Gasteiger partial charge is 0.272 e. The lowest BCUT2D eigenvalue weighted by atomic mass is 10.0. The van der Waals surface area contributed by atoms with Crippen LogP contribution in [0.2, 0.25) is 5.02 Å². The Morgan fingerprint density at radius 3 is 2.56 bits per heavy atom. The highest BCUT2D eigenvalue weighted by Crippen LogP contribution is 2.19. The summed E-state index contributed by atoms with van der Waals surface area (Å²) in [5.74, 6) is -0.940. The number of nitrogens with zero attached hydrogens (tertiary/aromatic N) is 2. The Morgan fingerprint density at radius 2 is 1.84 bits per heavy atom. The molecule has 0 aliphatic heterocycles. The molecule has 1 aromatic heterocycles. The van der Waals surface area contributed by atoms with Gasteiger partial charge in [-0.25, -0.2) is 14.4 Å². The minimum atomic E-state index is -0.984. The first-order valence-electron chi connectivity index (χ1n) is 10.0. The summed E-state index contributed by atoms with van der Waals surface area (Å²) in [6.07, 6.45) is 2.49. The van der Waals surface area contributed by atoms with E-state index in [1.165, 1.54) is 36.2 Å². The van der Waals surface area contributed by atoms with Crippen LogP contribution in [0.25, 0.3) is 0 Å². The number of hydrogen-bond donors (Lipinski definition) is 2. The van der Waals surface area contributed by atoms with Crippen LogP contribution in [0.3, 0.4) is 0 Å². The largest absolute Gasteiger partial charge is 0.338 e. The van der Waals surface area contributed by atoms with E-state index in [1.54, 1.807) is 6.07 Å². The number of hydrogen-bond acceptors (Lipinski definition) is 5. The maximum atomic E-state index is 14.0. The molecule has 2 N–H and O–H groups in total. The fraction of sp³-hybridized carbons (Fsp3) is 0.217. The summed E-state index contributed by atoms with van der Waals surface area (Å²) >= 11 is 7.56. The van der Waals surface area contributed by atoms with Gasteiger partial charge in [0, 0.05) is 12.2 Å². The van der Waals surface area contributed by atoms with Gasteiger partial charge in [0.05, 0.1) is 16.9 Å². The third-order valence-electron chi connectivity index (χ3n) is 4.41. The molecule has 9 heteroatoms. The molecule has 6 nitrogen and oxygen atoms in total. The lowest BCUT2D eigenvalue weighted by molar-refractivity contribution is -0.118. The Kier molecular flexibility index (Phi) is 8.58. The van der Waals surface area contributed by atoms with Crippen molar-refractivity contribution in [2.45, 2.75) is 31.0 Å². The number of carbonyl (C=O) groups is 2. The van der Waals surface area contributed by atoms with Crippen molar-refractivity contribution in [2.24, 2.45) is 0 Å². The van der Waals surface area contributed by atoms with E-state index < -0.39 is 23.7 Å². The highest BCUT2D eigenvalue weighted by Gasteiger charge is 2.25. The molecule has 0 aliphatic rings. The van der Waals surface area contributed by atoms with E-state index in [0.29, 0.717) is 5.16 Å². The van der Waals surface area contributed by atoms with Crippen molar-refractivity contribution in [3.8, 4) is 0 Å². The molecule has 0 unspecified atom stereocenters. The van der Waals surface area contributed by atoms with Crippen molar-refractivity contribution in [3.63, 3.8) is 0 Å². The van der Waals surface area contributed by atoms with Crippen molar-refractivity contribution in [1.82, 2.24) is 15.3 Å². The summed E-state index contributed by atoms with van der Waals surface area (Å²) in [7, 11) is 0. The summed E-state index contributed by atoms with van der Waals surface area (Å²) < 4.78 is 14.0. The monoisotopic (exact) mass is 472 g/mol. The summed E-state index contributed by atoms with van der Waals surface area (Å²) in [6.45, 7) is 2.03. The lowest BCUT2D eigenvalue weighted by Crippen LogP contribution is -2.45. The van der Waals surface area contributed by atoms with Crippen LogP contribution in [0, 0.1) is 5.82 Å². The predicted octanol–water partition coefficient (Wildman–Crippen LogP) is 4.75. The molecule has 0 saturated heterocycles. The van der Waals surface area contributed by atoms with Crippen molar-refractivity contribution < 1.29 is 14.0 Å². The van der Waals surface area contributed by atoms with Gasteiger partial charge in [-0.2, -0.15) is 0 Å². The number of aromatic nitrogens is 2. The Balaban J connectivity index is 1.82. The van der Waals surface area contributed by atoms with Gasteiger partial charge in [0.1, 0.15) is 11.9 Å². The predicted molar refractivity (Wildman–Crippen MR) is 124 cm³/mol. The van der Waals surface area contributed by atoms with Crippen LogP contribution in [-0.2, 0) is 11.2 Å². The normalized spacial score (nSPS) is 11.6. The van der Waals surface area contributed by atoms with Crippen molar-refractivity contribution in [2.75, 3.05) is 11.1 Å². The minimum absolute atomic E-state index is 0.0166. The molecule has 0 radical (unpaired) electrons. The first-order chi connectivity index (χ1) is 15.5. The van der Waals surface area contributed by atoms with Gasteiger partial charge < -0.3 is 10.6 Å². The second kappa shape index (κ2) is 11.6. The average Bonchev–Trinajstić information content (AvgIpc) is 2.80. The number of anilines is 1. The van der Waals surface area contributed by atoms with Crippen LogP contribution < -0.4 is 10.6 Å². The zero-order valence-electron chi connectivity index (χ0n) is 17.3. The third kappa shape index (κ3) is 6.51. The second-order valence-electron chi connectivity index (χ2n) is 6.88. The van der Waals surface area contributed by atoms with Gasteiger partial charge in [0.15, 0.2) is 10.9 Å². The fourth-order valence-electron chi connectivity index (χ4n) is 2.84. The van der Waals surface area contributed by atoms with Crippen LogP contribution in [0.15, 0.2) is 66.0 Å². The van der Waals surface area contributed by atoms with Crippen LogP contribution >= 0.6 is 23.4 Å². The minimum Gasteiger partial charge on any atom is -0.338 e. The van der Waals surface area contributed by atoms with E-state index in [1.807, 2.05) is 37.3 Å². The average molecular weight is 473 g/mol. The number of para-hydroxylation sites is 1. The molecule has 2 aromatic carbocycles. The van der Waals surface area contributed by atoms with Crippen LogP contribution in [0.5, 0.6) is 0 Å². The summed E-state index contributed by atoms with van der Waals surface area (Å²) in [5, 5.41) is 5.74. The van der Waals surface area contributed by atoms with E-state index in [-0.39, 0.29) is 22.8 Å². The summed E-state index contributed by atoms with van der Waals surface area (Å²) in [4.78, 5) is 34.3. The number of halogens is 2. The van der Waals surface area contributed by atoms with Crippen molar-refractivity contribution in [1.29, 1.82) is 0 Å². The molecule has 166 valence electrons. The Hall–Kier alpha value is -2.97. The number of nitrogens with one attached hydrogen (secondary N) is 2. The van der Waals surface area contributed by atoms with E-state index in [2.05, 4.69) is 20.6 Å². The molecule has 0 fully saturated rings. The van der Waals surface area contributed by atoms with Gasteiger partial charge >= 0.3 is 0 Å². The highest BCUT2D eigenvalue weighted by molar-refractivity contribution is 7.99. The number of thioether (sulfide) groups is 1. The number of carbonyl (C=O) groups excluding carboxylic acids is 2. The van der Waals surface area contributed by atoms with Crippen molar-refractivity contribution >= 4 is 40.9 Å². The van der Waals surface area contributed by atoms with E-state index in [0.717, 1.165) is 17.7 Å². The van der Waals surface area contributed by atoms with Gasteiger partial charge in [0.25, 0.3) is 5.91 Å². The molecule has 1 atom stereocenters. The molecule has 0 aliphatic carbocycles. The highest BCUT2D eigenvalue weighted by atomic mass is 35.5. The zero-order chi connectivity index (χ0) is 22.9. The quantitative estimate of drug-likeness (QED) is 0.347. The van der Waals surface area contributed by atoms with E-state index >= 15 is 0 Å². The molecule has 0 spiro atoms. The van der Waals surface area contributed by atoms with Gasteiger partial charge in [-0.3, -0.25) is 9.59 Å². The molecular weight excluding hydrogens is 451 g/mol. The molecule has 2 amide bonds. The maximum absolute atomic E-state index is 14.0. The SMILES string of the molecule is CCCSc1ncc(Cl)c(C(=O)N[C@@H](Cc2ccccc2)C(=O)Nc2ccccc2F)n1. The second-order valence-corrected chi connectivity index (χ2v) is 8.35. The van der Waals surface area contributed by atoms with Gasteiger partial charge in [0.2, 0.25) is 5.91 Å².